The van der Waals surface area contributed by atoms with E-state index in [2.05, 4.69) is 39.1 Å². The highest BCUT2D eigenvalue weighted by atomic mass is 35.5. The van der Waals surface area contributed by atoms with Gasteiger partial charge in [-0.05, 0) is 32.7 Å². The normalized spacial score (nSPS) is 10.5. The average Bonchev–Trinajstić information content (AvgIpc) is 2.38. The maximum Gasteiger partial charge on any atom is 0.0137 e. The Hall–Kier alpha value is -0.0100. The van der Waals surface area contributed by atoms with E-state index in [4.69, 9.17) is 0 Å². The predicted octanol–water partition coefficient (Wildman–Crippen LogP) is 6.52. The Labute approximate surface area is 140 Å². The van der Waals surface area contributed by atoms with Crippen LogP contribution in [0, 0.1) is 5.92 Å². The van der Waals surface area contributed by atoms with E-state index in [0.29, 0.717) is 0 Å². The summed E-state index contributed by atoms with van der Waals surface area (Å²) in [5.74, 6) is 0.889. The molecule has 0 aromatic rings. The Morgan fingerprint density at radius 1 is 0.810 bits per heavy atom. The summed E-state index contributed by atoms with van der Waals surface area (Å²) in [6.45, 7) is 11.2. The number of hydrogen-bond donors (Lipinski definition) is 1. The van der Waals surface area contributed by atoms with Crippen LogP contribution in [0.4, 0.5) is 0 Å². The van der Waals surface area contributed by atoms with Crippen molar-refractivity contribution < 1.29 is 0 Å². The van der Waals surface area contributed by atoms with Crippen LogP contribution in [0.1, 0.15) is 91.9 Å². The lowest BCUT2D eigenvalue weighted by molar-refractivity contribution is 0.505. The van der Waals surface area contributed by atoms with Gasteiger partial charge in [-0.3, -0.25) is 0 Å². The van der Waals surface area contributed by atoms with Crippen molar-refractivity contribution in [1.29, 1.82) is 0 Å². The molecule has 0 rings (SSSR count). The summed E-state index contributed by atoms with van der Waals surface area (Å²) < 4.78 is 0. The molecule has 2 heteroatoms. The lowest BCUT2D eigenvalue weighted by Gasteiger charge is -2.05. The van der Waals surface area contributed by atoms with Crippen molar-refractivity contribution in [3.8, 4) is 0 Å². The monoisotopic (exact) mass is 317 g/mol. The highest BCUT2D eigenvalue weighted by Gasteiger charge is 1.95. The van der Waals surface area contributed by atoms with Crippen LogP contribution in [0.5, 0.6) is 0 Å². The lowest BCUT2D eigenvalue weighted by atomic mass is 10.0. The number of hydrogen-bond acceptors (Lipinski definition) is 1. The first-order chi connectivity index (χ1) is 9.63. The maximum absolute atomic E-state index is 3.47. The molecule has 0 saturated heterocycles. The Morgan fingerprint density at radius 2 is 1.29 bits per heavy atom. The van der Waals surface area contributed by atoms with Crippen LogP contribution in [-0.4, -0.2) is 13.1 Å². The quantitative estimate of drug-likeness (QED) is 0.284. The van der Waals surface area contributed by atoms with Gasteiger partial charge in [0.25, 0.3) is 0 Å². The molecule has 0 heterocycles. The molecule has 0 spiro atoms. The van der Waals surface area contributed by atoms with Gasteiger partial charge in [0.2, 0.25) is 0 Å². The summed E-state index contributed by atoms with van der Waals surface area (Å²) in [6, 6.07) is 0. The van der Waals surface area contributed by atoms with E-state index >= 15 is 0 Å². The van der Waals surface area contributed by atoms with Crippen molar-refractivity contribution in [2.75, 3.05) is 13.1 Å². The molecule has 0 aromatic heterocycles. The smallest absolute Gasteiger partial charge is 0.0137 e. The molecule has 0 aliphatic rings. The Bertz CT molecular complexity index is 220. The number of halogens is 1. The SMILES string of the molecule is CC(C)=CCNCCCCCCCCCCCC(C)C.Cl. The summed E-state index contributed by atoms with van der Waals surface area (Å²) in [5, 5.41) is 3.47. The largest absolute Gasteiger partial charge is 0.313 e. The molecule has 21 heavy (non-hydrogen) atoms. The molecule has 0 unspecified atom stereocenters. The molecule has 0 aromatic carbocycles. The minimum atomic E-state index is 0. The van der Waals surface area contributed by atoms with E-state index in [1.165, 1.54) is 76.3 Å². The van der Waals surface area contributed by atoms with Gasteiger partial charge in [0.1, 0.15) is 0 Å². The average molecular weight is 318 g/mol. The fourth-order valence-corrected chi connectivity index (χ4v) is 2.42. The van der Waals surface area contributed by atoms with Crippen molar-refractivity contribution in [3.63, 3.8) is 0 Å². The van der Waals surface area contributed by atoms with Gasteiger partial charge in [0.15, 0.2) is 0 Å². The Balaban J connectivity index is 0. The molecule has 0 saturated carbocycles. The summed E-state index contributed by atoms with van der Waals surface area (Å²) in [7, 11) is 0. The summed E-state index contributed by atoms with van der Waals surface area (Å²) >= 11 is 0. The molecule has 1 nitrogen and oxygen atoms in total. The van der Waals surface area contributed by atoms with Crippen molar-refractivity contribution in [1.82, 2.24) is 5.32 Å². The molecule has 0 radical (unpaired) electrons. The van der Waals surface area contributed by atoms with Gasteiger partial charge in [0, 0.05) is 6.54 Å². The van der Waals surface area contributed by atoms with E-state index in [1.54, 1.807) is 0 Å². The molecular weight excluding hydrogens is 278 g/mol. The van der Waals surface area contributed by atoms with Gasteiger partial charge in [-0.1, -0.05) is 83.3 Å². The van der Waals surface area contributed by atoms with Crippen LogP contribution in [0.15, 0.2) is 11.6 Å². The number of unbranched alkanes of at least 4 members (excludes halogenated alkanes) is 8. The number of rotatable bonds is 14. The Kier molecular flexibility index (Phi) is 20.0. The third kappa shape index (κ3) is 22.4. The molecule has 0 atom stereocenters. The minimum absolute atomic E-state index is 0. The van der Waals surface area contributed by atoms with Gasteiger partial charge >= 0.3 is 0 Å². The second-order valence-electron chi connectivity index (χ2n) is 6.85. The second-order valence-corrected chi connectivity index (χ2v) is 6.85. The van der Waals surface area contributed by atoms with E-state index in [1.807, 2.05) is 0 Å². The first-order valence-electron chi connectivity index (χ1n) is 8.97. The molecular formula is C19H40ClN. The molecule has 0 aliphatic carbocycles. The third-order valence-electron chi connectivity index (χ3n) is 3.79. The first-order valence-corrected chi connectivity index (χ1v) is 8.97. The van der Waals surface area contributed by atoms with E-state index in [9.17, 15) is 0 Å². The maximum atomic E-state index is 3.47. The van der Waals surface area contributed by atoms with Crippen molar-refractivity contribution in [2.45, 2.75) is 91.9 Å². The zero-order valence-electron chi connectivity index (χ0n) is 15.0. The molecule has 0 bridgehead atoms. The minimum Gasteiger partial charge on any atom is -0.313 e. The van der Waals surface area contributed by atoms with Gasteiger partial charge in [-0.15, -0.1) is 12.4 Å². The molecule has 0 fully saturated rings. The molecule has 128 valence electrons. The van der Waals surface area contributed by atoms with Crippen LogP contribution >= 0.6 is 12.4 Å². The zero-order chi connectivity index (χ0) is 15.1. The third-order valence-corrected chi connectivity index (χ3v) is 3.79. The van der Waals surface area contributed by atoms with Crippen molar-refractivity contribution in [3.05, 3.63) is 11.6 Å². The first kappa shape index (κ1) is 23.3. The van der Waals surface area contributed by atoms with Crippen LogP contribution in [0.2, 0.25) is 0 Å². The highest BCUT2D eigenvalue weighted by Crippen LogP contribution is 2.12. The van der Waals surface area contributed by atoms with Crippen LogP contribution in [0.25, 0.3) is 0 Å². The topological polar surface area (TPSA) is 12.0 Å². The van der Waals surface area contributed by atoms with E-state index in [0.717, 1.165) is 12.5 Å². The van der Waals surface area contributed by atoms with Crippen LogP contribution < -0.4 is 5.32 Å². The number of nitrogens with one attached hydrogen (secondary N) is 1. The fraction of sp³-hybridized carbons (Fsp3) is 0.895. The zero-order valence-corrected chi connectivity index (χ0v) is 15.9. The summed E-state index contributed by atoms with van der Waals surface area (Å²) in [4.78, 5) is 0. The van der Waals surface area contributed by atoms with Gasteiger partial charge in [-0.25, -0.2) is 0 Å². The van der Waals surface area contributed by atoms with Crippen LogP contribution in [0.3, 0.4) is 0 Å². The number of allylic oxidation sites excluding steroid dienone is 1. The van der Waals surface area contributed by atoms with Gasteiger partial charge in [-0.2, -0.15) is 0 Å². The van der Waals surface area contributed by atoms with E-state index in [-0.39, 0.29) is 12.4 Å². The Morgan fingerprint density at radius 3 is 1.76 bits per heavy atom. The molecule has 1 N–H and O–H groups in total. The van der Waals surface area contributed by atoms with Crippen molar-refractivity contribution in [2.24, 2.45) is 5.92 Å². The van der Waals surface area contributed by atoms with Crippen LogP contribution in [-0.2, 0) is 0 Å². The highest BCUT2D eigenvalue weighted by molar-refractivity contribution is 5.85. The standard InChI is InChI=1S/C19H39N.ClH/c1-18(2)14-12-10-8-6-5-7-9-11-13-16-20-17-15-19(3)4;/h15,18,20H,5-14,16-17H2,1-4H3;1H. The lowest BCUT2D eigenvalue weighted by Crippen LogP contribution is -2.15. The van der Waals surface area contributed by atoms with Crippen molar-refractivity contribution >= 4 is 12.4 Å². The summed E-state index contributed by atoms with van der Waals surface area (Å²) in [6.07, 6.45) is 16.5. The fourth-order valence-electron chi connectivity index (χ4n) is 2.42. The summed E-state index contributed by atoms with van der Waals surface area (Å²) in [5.41, 5.74) is 1.41. The van der Waals surface area contributed by atoms with E-state index < -0.39 is 0 Å². The molecule has 0 amide bonds. The second kappa shape index (κ2) is 18.0. The predicted molar refractivity (Wildman–Crippen MR) is 101 cm³/mol. The van der Waals surface area contributed by atoms with Gasteiger partial charge < -0.3 is 5.32 Å². The molecule has 0 aliphatic heterocycles. The van der Waals surface area contributed by atoms with Gasteiger partial charge in [0.05, 0.1) is 0 Å².